The summed E-state index contributed by atoms with van der Waals surface area (Å²) in [6.07, 6.45) is 2.53. The molecule has 0 fully saturated rings. The lowest BCUT2D eigenvalue weighted by molar-refractivity contribution is 0.0931. The van der Waals surface area contributed by atoms with E-state index < -0.39 is 0 Å². The highest BCUT2D eigenvalue weighted by molar-refractivity contribution is 5.97. The number of benzene rings is 1. The lowest BCUT2D eigenvalue weighted by Crippen LogP contribution is -2.09. The first-order valence-corrected chi connectivity index (χ1v) is 4.46. The van der Waals surface area contributed by atoms with Gasteiger partial charge in [-0.15, -0.1) is 6.58 Å². The second-order valence-electron chi connectivity index (χ2n) is 3.16. The Morgan fingerprint density at radius 3 is 2.62 bits per heavy atom. The molecular weight excluding hydrogens is 160 g/mol. The maximum Gasteiger partial charge on any atom is 0.165 e. The summed E-state index contributed by atoms with van der Waals surface area (Å²) in [5, 5.41) is 0. The van der Waals surface area contributed by atoms with Gasteiger partial charge in [-0.25, -0.2) is 0 Å². The second-order valence-corrected chi connectivity index (χ2v) is 3.16. The van der Waals surface area contributed by atoms with Gasteiger partial charge in [-0.3, -0.25) is 4.79 Å². The number of allylic oxidation sites excluding steroid dienone is 1. The van der Waals surface area contributed by atoms with Gasteiger partial charge in [0.1, 0.15) is 0 Å². The molecule has 0 aliphatic carbocycles. The van der Waals surface area contributed by atoms with Crippen LogP contribution in [-0.2, 0) is 0 Å². The second kappa shape index (κ2) is 4.61. The van der Waals surface area contributed by atoms with E-state index in [-0.39, 0.29) is 11.7 Å². The van der Waals surface area contributed by atoms with Crippen molar-refractivity contribution in [3.8, 4) is 0 Å². The Morgan fingerprint density at radius 2 is 2.08 bits per heavy atom. The zero-order valence-corrected chi connectivity index (χ0v) is 7.86. The van der Waals surface area contributed by atoms with E-state index in [1.807, 2.05) is 37.3 Å². The number of carbonyl (C=O) groups is 1. The van der Waals surface area contributed by atoms with Crippen LogP contribution in [0.4, 0.5) is 0 Å². The summed E-state index contributed by atoms with van der Waals surface area (Å²) in [4.78, 5) is 11.7. The Bertz CT molecular complexity index is 287. The smallest absolute Gasteiger partial charge is 0.165 e. The molecule has 1 unspecified atom stereocenters. The summed E-state index contributed by atoms with van der Waals surface area (Å²) < 4.78 is 0. The van der Waals surface area contributed by atoms with Crippen molar-refractivity contribution >= 4 is 5.78 Å². The third kappa shape index (κ3) is 2.55. The Balaban J connectivity index is 2.73. The first-order valence-electron chi connectivity index (χ1n) is 4.46. The number of carbonyl (C=O) groups excluding carboxylic acids is 1. The summed E-state index contributed by atoms with van der Waals surface area (Å²) in [7, 11) is 0. The summed E-state index contributed by atoms with van der Waals surface area (Å²) in [6.45, 7) is 5.55. The van der Waals surface area contributed by atoms with Gasteiger partial charge in [0.15, 0.2) is 5.78 Å². The monoisotopic (exact) mass is 174 g/mol. The van der Waals surface area contributed by atoms with Crippen molar-refractivity contribution < 1.29 is 4.79 Å². The Kier molecular flexibility index (Phi) is 3.44. The molecule has 0 spiro atoms. The third-order valence-electron chi connectivity index (χ3n) is 2.03. The minimum absolute atomic E-state index is 0.0416. The fourth-order valence-corrected chi connectivity index (χ4v) is 1.24. The van der Waals surface area contributed by atoms with Crippen LogP contribution in [0.15, 0.2) is 43.0 Å². The van der Waals surface area contributed by atoms with Crippen LogP contribution in [0.1, 0.15) is 23.7 Å². The number of Topliss-reactive ketones (excluding diaryl/α,β-unsaturated/α-hetero) is 1. The molecule has 0 aromatic heterocycles. The molecule has 0 radical (unpaired) electrons. The quantitative estimate of drug-likeness (QED) is 0.506. The molecule has 1 nitrogen and oxygen atoms in total. The number of hydrogen-bond acceptors (Lipinski definition) is 1. The highest BCUT2D eigenvalue weighted by Crippen LogP contribution is 2.11. The van der Waals surface area contributed by atoms with Gasteiger partial charge in [0.25, 0.3) is 0 Å². The largest absolute Gasteiger partial charge is 0.294 e. The van der Waals surface area contributed by atoms with Crippen molar-refractivity contribution in [3.05, 3.63) is 48.6 Å². The summed E-state index contributed by atoms with van der Waals surface area (Å²) in [5.74, 6) is 0.236. The summed E-state index contributed by atoms with van der Waals surface area (Å²) in [5.41, 5.74) is 0.789. The molecule has 1 rings (SSSR count). The average Bonchev–Trinajstić information content (AvgIpc) is 2.18. The molecule has 1 heteroatoms. The van der Waals surface area contributed by atoms with Gasteiger partial charge in [0, 0.05) is 11.5 Å². The summed E-state index contributed by atoms with van der Waals surface area (Å²) >= 11 is 0. The van der Waals surface area contributed by atoms with Crippen LogP contribution in [0.25, 0.3) is 0 Å². The van der Waals surface area contributed by atoms with E-state index in [1.54, 1.807) is 6.08 Å². The number of ketones is 1. The average molecular weight is 174 g/mol. The van der Waals surface area contributed by atoms with Crippen LogP contribution in [0.3, 0.4) is 0 Å². The summed E-state index contributed by atoms with van der Waals surface area (Å²) in [6, 6.07) is 9.38. The van der Waals surface area contributed by atoms with Crippen LogP contribution in [0.5, 0.6) is 0 Å². The predicted octanol–water partition coefficient (Wildman–Crippen LogP) is 3.08. The van der Waals surface area contributed by atoms with Crippen LogP contribution >= 0.6 is 0 Å². The van der Waals surface area contributed by atoms with Crippen molar-refractivity contribution in [2.75, 3.05) is 0 Å². The number of rotatable bonds is 4. The van der Waals surface area contributed by atoms with E-state index in [2.05, 4.69) is 6.58 Å². The van der Waals surface area contributed by atoms with Crippen LogP contribution in [-0.4, -0.2) is 5.78 Å². The van der Waals surface area contributed by atoms with E-state index >= 15 is 0 Å². The van der Waals surface area contributed by atoms with Crippen molar-refractivity contribution in [1.29, 1.82) is 0 Å². The van der Waals surface area contributed by atoms with Crippen LogP contribution in [0, 0.1) is 5.92 Å². The van der Waals surface area contributed by atoms with E-state index in [4.69, 9.17) is 0 Å². The van der Waals surface area contributed by atoms with Gasteiger partial charge in [0.05, 0.1) is 0 Å². The highest BCUT2D eigenvalue weighted by Gasteiger charge is 2.12. The molecule has 1 atom stereocenters. The standard InChI is InChI=1S/C12H14O/c1-3-7-10(2)12(13)11-8-5-4-6-9-11/h3-6,8-10H,1,7H2,2H3. The molecule has 0 bridgehead atoms. The van der Waals surface area contributed by atoms with Gasteiger partial charge in [-0.2, -0.15) is 0 Å². The molecule has 0 amide bonds. The minimum atomic E-state index is 0.0416. The Labute approximate surface area is 79.1 Å². The molecule has 0 heterocycles. The lowest BCUT2D eigenvalue weighted by Gasteiger charge is -2.06. The molecule has 0 saturated heterocycles. The lowest BCUT2D eigenvalue weighted by atomic mass is 9.97. The molecule has 13 heavy (non-hydrogen) atoms. The fourth-order valence-electron chi connectivity index (χ4n) is 1.24. The zero-order chi connectivity index (χ0) is 9.68. The van der Waals surface area contributed by atoms with Gasteiger partial charge >= 0.3 is 0 Å². The molecule has 1 aromatic carbocycles. The van der Waals surface area contributed by atoms with Crippen molar-refractivity contribution in [3.63, 3.8) is 0 Å². The fraction of sp³-hybridized carbons (Fsp3) is 0.250. The topological polar surface area (TPSA) is 17.1 Å². The van der Waals surface area contributed by atoms with Gasteiger partial charge in [-0.1, -0.05) is 43.3 Å². The predicted molar refractivity (Wildman–Crippen MR) is 54.8 cm³/mol. The molecule has 68 valence electrons. The van der Waals surface area contributed by atoms with Crippen molar-refractivity contribution in [2.45, 2.75) is 13.3 Å². The SMILES string of the molecule is C=CCC(C)C(=O)c1ccccc1. The molecule has 0 saturated carbocycles. The van der Waals surface area contributed by atoms with E-state index in [0.29, 0.717) is 0 Å². The Morgan fingerprint density at radius 1 is 1.46 bits per heavy atom. The third-order valence-corrected chi connectivity index (χ3v) is 2.03. The molecule has 0 aliphatic heterocycles. The minimum Gasteiger partial charge on any atom is -0.294 e. The Hall–Kier alpha value is -1.37. The number of hydrogen-bond donors (Lipinski definition) is 0. The van der Waals surface area contributed by atoms with E-state index in [9.17, 15) is 4.79 Å². The van der Waals surface area contributed by atoms with Gasteiger partial charge < -0.3 is 0 Å². The molecular formula is C12H14O. The van der Waals surface area contributed by atoms with Crippen molar-refractivity contribution in [1.82, 2.24) is 0 Å². The van der Waals surface area contributed by atoms with Crippen LogP contribution in [0.2, 0.25) is 0 Å². The highest BCUT2D eigenvalue weighted by atomic mass is 16.1. The first kappa shape index (κ1) is 9.72. The maximum absolute atomic E-state index is 11.7. The van der Waals surface area contributed by atoms with Crippen LogP contribution < -0.4 is 0 Å². The molecule has 1 aromatic rings. The van der Waals surface area contributed by atoms with E-state index in [1.165, 1.54) is 0 Å². The van der Waals surface area contributed by atoms with Gasteiger partial charge in [0.2, 0.25) is 0 Å². The zero-order valence-electron chi connectivity index (χ0n) is 7.86. The van der Waals surface area contributed by atoms with E-state index in [0.717, 1.165) is 12.0 Å². The maximum atomic E-state index is 11.7. The molecule has 0 aliphatic rings. The van der Waals surface area contributed by atoms with Gasteiger partial charge in [-0.05, 0) is 6.42 Å². The first-order chi connectivity index (χ1) is 6.25. The van der Waals surface area contributed by atoms with Crippen molar-refractivity contribution in [2.24, 2.45) is 5.92 Å². The normalized spacial score (nSPS) is 12.1. The molecule has 0 N–H and O–H groups in total.